The number of carbonyl (C=O) groups is 3. The lowest BCUT2D eigenvalue weighted by Crippen LogP contribution is -2.49. The van der Waals surface area contributed by atoms with Crippen LogP contribution in [0.15, 0.2) is 18.2 Å². The number of amides is 3. The Bertz CT molecular complexity index is 812. The smallest absolute Gasteiger partial charge is 0.411 e. The molecule has 0 unspecified atom stereocenters. The molecule has 2 saturated heterocycles. The average Bonchev–Trinajstić information content (AvgIpc) is 3.64. The molecular formula is C21H29N5O4. The van der Waals surface area contributed by atoms with Gasteiger partial charge in [-0.3, -0.25) is 14.9 Å². The lowest BCUT2D eigenvalue weighted by Gasteiger charge is -2.37. The van der Waals surface area contributed by atoms with Gasteiger partial charge in [-0.1, -0.05) is 0 Å². The molecule has 1 aromatic rings. The van der Waals surface area contributed by atoms with Crippen LogP contribution in [-0.4, -0.2) is 87.2 Å². The van der Waals surface area contributed by atoms with Crippen LogP contribution in [0.1, 0.15) is 23.2 Å². The lowest BCUT2D eigenvalue weighted by atomic mass is 10.1. The Kier molecular flexibility index (Phi) is 6.08. The quantitative estimate of drug-likeness (QED) is 0.761. The van der Waals surface area contributed by atoms with Gasteiger partial charge in [0.2, 0.25) is 5.91 Å². The van der Waals surface area contributed by atoms with Crippen LogP contribution in [0.25, 0.3) is 0 Å². The van der Waals surface area contributed by atoms with E-state index in [-0.39, 0.29) is 17.7 Å². The molecule has 0 atom stereocenters. The van der Waals surface area contributed by atoms with E-state index in [9.17, 15) is 14.4 Å². The molecule has 9 heteroatoms. The van der Waals surface area contributed by atoms with Crippen molar-refractivity contribution in [2.75, 3.05) is 69.7 Å². The third kappa shape index (κ3) is 4.51. The average molecular weight is 415 g/mol. The fraction of sp³-hybridized carbons (Fsp3) is 0.571. The summed E-state index contributed by atoms with van der Waals surface area (Å²) in [4.78, 5) is 43.0. The van der Waals surface area contributed by atoms with Crippen LogP contribution in [0.2, 0.25) is 0 Å². The van der Waals surface area contributed by atoms with E-state index in [4.69, 9.17) is 4.74 Å². The first-order valence-electron chi connectivity index (χ1n) is 10.6. The number of nitrogens with zero attached hydrogens (tertiary/aromatic N) is 3. The Morgan fingerprint density at radius 1 is 1.00 bits per heavy atom. The molecule has 1 saturated carbocycles. The van der Waals surface area contributed by atoms with Crippen LogP contribution in [0.4, 0.5) is 16.2 Å². The van der Waals surface area contributed by atoms with Gasteiger partial charge in [0.15, 0.2) is 0 Å². The summed E-state index contributed by atoms with van der Waals surface area (Å²) < 4.78 is 4.77. The largest absolute Gasteiger partial charge is 0.453 e. The van der Waals surface area contributed by atoms with Crippen molar-refractivity contribution in [3.8, 4) is 0 Å². The van der Waals surface area contributed by atoms with E-state index >= 15 is 0 Å². The predicted octanol–water partition coefficient (Wildman–Crippen LogP) is 0.969. The predicted molar refractivity (Wildman–Crippen MR) is 113 cm³/mol. The van der Waals surface area contributed by atoms with E-state index in [1.165, 1.54) is 7.11 Å². The molecule has 162 valence electrons. The molecule has 0 spiro atoms. The molecular weight excluding hydrogens is 386 g/mol. The van der Waals surface area contributed by atoms with Gasteiger partial charge in [0.25, 0.3) is 5.91 Å². The van der Waals surface area contributed by atoms with Crippen molar-refractivity contribution in [2.45, 2.75) is 12.8 Å². The van der Waals surface area contributed by atoms with Gasteiger partial charge in [-0.05, 0) is 31.0 Å². The minimum absolute atomic E-state index is 0.0455. The third-order valence-corrected chi connectivity index (χ3v) is 5.93. The van der Waals surface area contributed by atoms with Gasteiger partial charge in [0.1, 0.15) is 0 Å². The Balaban J connectivity index is 1.50. The first kappa shape index (κ1) is 20.5. The summed E-state index contributed by atoms with van der Waals surface area (Å²) >= 11 is 0. The number of ether oxygens (including phenoxy) is 1. The molecule has 0 bridgehead atoms. The summed E-state index contributed by atoms with van der Waals surface area (Å²) in [5.41, 5.74) is 1.91. The summed E-state index contributed by atoms with van der Waals surface area (Å²) in [6.07, 6.45) is 1.44. The molecule has 3 aliphatic rings. The van der Waals surface area contributed by atoms with Crippen LogP contribution in [-0.2, 0) is 9.53 Å². The maximum absolute atomic E-state index is 12.9. The van der Waals surface area contributed by atoms with E-state index < -0.39 is 6.09 Å². The summed E-state index contributed by atoms with van der Waals surface area (Å²) in [5, 5.41) is 5.99. The first-order chi connectivity index (χ1) is 14.6. The molecule has 4 rings (SSSR count). The van der Waals surface area contributed by atoms with Gasteiger partial charge in [0.05, 0.1) is 18.5 Å². The number of methoxy groups -OCH3 is 1. The van der Waals surface area contributed by atoms with Crippen molar-refractivity contribution >= 4 is 29.3 Å². The topological polar surface area (TPSA) is 94.2 Å². The SMILES string of the molecule is COC(=O)Nc1cc(C(=O)N2CCNCC2)ccc1N1CCN(C(=O)C2CC2)CC1. The number of hydrogen-bond donors (Lipinski definition) is 2. The van der Waals surface area contributed by atoms with Crippen LogP contribution in [0, 0.1) is 5.92 Å². The van der Waals surface area contributed by atoms with Gasteiger partial charge in [-0.15, -0.1) is 0 Å². The van der Waals surface area contributed by atoms with E-state index in [2.05, 4.69) is 15.5 Å². The lowest BCUT2D eigenvalue weighted by molar-refractivity contribution is -0.132. The summed E-state index contributed by atoms with van der Waals surface area (Å²) in [5.74, 6) is 0.443. The molecule has 0 radical (unpaired) electrons. The summed E-state index contributed by atoms with van der Waals surface area (Å²) in [6.45, 7) is 5.57. The van der Waals surface area contributed by atoms with Crippen molar-refractivity contribution < 1.29 is 19.1 Å². The second-order valence-corrected chi connectivity index (χ2v) is 7.98. The number of nitrogens with one attached hydrogen (secondary N) is 2. The third-order valence-electron chi connectivity index (χ3n) is 5.93. The van der Waals surface area contributed by atoms with Crippen LogP contribution in [0.5, 0.6) is 0 Å². The van der Waals surface area contributed by atoms with Crippen LogP contribution < -0.4 is 15.5 Å². The Morgan fingerprint density at radius 2 is 1.70 bits per heavy atom. The number of carbonyl (C=O) groups excluding carboxylic acids is 3. The van der Waals surface area contributed by atoms with E-state index in [0.29, 0.717) is 50.5 Å². The highest BCUT2D eigenvalue weighted by Crippen LogP contribution is 2.33. The summed E-state index contributed by atoms with van der Waals surface area (Å²) in [7, 11) is 1.31. The van der Waals surface area contributed by atoms with E-state index in [1.807, 2.05) is 21.9 Å². The number of piperazine rings is 2. The molecule has 2 aliphatic heterocycles. The van der Waals surface area contributed by atoms with Crippen LogP contribution in [0.3, 0.4) is 0 Å². The number of hydrogen-bond acceptors (Lipinski definition) is 6. The van der Waals surface area contributed by atoms with Crippen molar-refractivity contribution in [1.29, 1.82) is 0 Å². The molecule has 2 N–H and O–H groups in total. The maximum atomic E-state index is 12.9. The van der Waals surface area contributed by atoms with Gasteiger partial charge < -0.3 is 24.8 Å². The van der Waals surface area contributed by atoms with Crippen molar-refractivity contribution in [2.24, 2.45) is 5.92 Å². The Labute approximate surface area is 176 Å². The highest BCUT2D eigenvalue weighted by Gasteiger charge is 2.35. The maximum Gasteiger partial charge on any atom is 0.411 e. The van der Waals surface area contributed by atoms with Gasteiger partial charge in [0, 0.05) is 63.8 Å². The fourth-order valence-electron chi connectivity index (χ4n) is 4.01. The molecule has 3 amide bonds. The normalized spacial score (nSPS) is 19.4. The minimum atomic E-state index is -0.578. The van der Waals surface area contributed by atoms with Crippen molar-refractivity contribution in [3.63, 3.8) is 0 Å². The Hall–Kier alpha value is -2.81. The summed E-state index contributed by atoms with van der Waals surface area (Å²) in [6, 6.07) is 5.40. The Morgan fingerprint density at radius 3 is 2.33 bits per heavy atom. The number of rotatable bonds is 4. The zero-order chi connectivity index (χ0) is 21.1. The first-order valence-corrected chi connectivity index (χ1v) is 10.6. The zero-order valence-electron chi connectivity index (χ0n) is 17.4. The molecule has 0 aromatic heterocycles. The van der Waals surface area contributed by atoms with E-state index in [1.54, 1.807) is 6.07 Å². The molecule has 30 heavy (non-hydrogen) atoms. The van der Waals surface area contributed by atoms with Gasteiger partial charge >= 0.3 is 6.09 Å². The monoisotopic (exact) mass is 415 g/mol. The van der Waals surface area contributed by atoms with Crippen molar-refractivity contribution in [1.82, 2.24) is 15.1 Å². The highest BCUT2D eigenvalue weighted by molar-refractivity contribution is 5.98. The standard InChI is InChI=1S/C21H29N5O4/c1-30-21(29)23-17-14-16(20(28)25-8-6-22-7-9-25)4-5-18(17)24-10-12-26(13-11-24)19(27)15-2-3-15/h4-5,14-15,22H,2-3,6-13H2,1H3,(H,23,29). The van der Waals surface area contributed by atoms with E-state index in [0.717, 1.165) is 31.6 Å². The molecule has 2 heterocycles. The van der Waals surface area contributed by atoms with Crippen molar-refractivity contribution in [3.05, 3.63) is 23.8 Å². The number of anilines is 2. The van der Waals surface area contributed by atoms with Gasteiger partial charge in [-0.25, -0.2) is 4.79 Å². The second-order valence-electron chi connectivity index (χ2n) is 7.98. The van der Waals surface area contributed by atoms with Crippen LogP contribution >= 0.6 is 0 Å². The van der Waals surface area contributed by atoms with Gasteiger partial charge in [-0.2, -0.15) is 0 Å². The molecule has 3 fully saturated rings. The second kappa shape index (κ2) is 8.91. The molecule has 9 nitrogen and oxygen atoms in total. The fourth-order valence-corrected chi connectivity index (χ4v) is 4.01. The zero-order valence-corrected chi connectivity index (χ0v) is 17.4. The number of benzene rings is 1. The minimum Gasteiger partial charge on any atom is -0.453 e. The highest BCUT2D eigenvalue weighted by atomic mass is 16.5. The molecule has 1 aromatic carbocycles. The molecule has 1 aliphatic carbocycles.